The first-order valence-electron chi connectivity index (χ1n) is 7.25. The number of rotatable bonds is 3. The Kier molecular flexibility index (Phi) is 4.97. The van der Waals surface area contributed by atoms with Crippen molar-refractivity contribution in [2.45, 2.75) is 27.7 Å². The van der Waals surface area contributed by atoms with E-state index < -0.39 is 0 Å². The summed E-state index contributed by atoms with van der Waals surface area (Å²) in [7, 11) is 0. The summed E-state index contributed by atoms with van der Waals surface area (Å²) in [6, 6.07) is 14.6. The van der Waals surface area contributed by atoms with Crippen LogP contribution in [-0.2, 0) is 0 Å². The molecule has 1 N–H and O–H groups in total. The Labute approximate surface area is 132 Å². The van der Waals surface area contributed by atoms with Crippen LogP contribution in [-0.4, -0.2) is 11.7 Å². The van der Waals surface area contributed by atoms with Crippen LogP contribution in [0, 0.1) is 20.8 Å². The Bertz CT molecular complexity index is 629. The van der Waals surface area contributed by atoms with Crippen molar-refractivity contribution >= 4 is 28.7 Å². The van der Waals surface area contributed by atoms with Gasteiger partial charge in [0.05, 0.1) is 0 Å². The Hall–Kier alpha value is -1.87. The van der Waals surface area contributed by atoms with Gasteiger partial charge >= 0.3 is 0 Å². The van der Waals surface area contributed by atoms with Crippen molar-refractivity contribution < 1.29 is 0 Å². The molecule has 0 atom stereocenters. The molecule has 0 aliphatic rings. The van der Waals surface area contributed by atoms with Gasteiger partial charge in [-0.3, -0.25) is 0 Å². The quantitative estimate of drug-likeness (QED) is 0.817. The molecule has 2 aromatic rings. The Morgan fingerprint density at radius 1 is 0.952 bits per heavy atom. The molecular formula is C18H22N2S. The third-order valence-electron chi connectivity index (χ3n) is 3.68. The molecule has 0 heterocycles. The van der Waals surface area contributed by atoms with E-state index >= 15 is 0 Å². The molecule has 0 amide bonds. The van der Waals surface area contributed by atoms with E-state index in [9.17, 15) is 0 Å². The van der Waals surface area contributed by atoms with Crippen molar-refractivity contribution in [2.24, 2.45) is 0 Å². The Balaban J connectivity index is 2.28. The minimum atomic E-state index is 0.740. The van der Waals surface area contributed by atoms with Gasteiger partial charge in [-0.15, -0.1) is 0 Å². The fourth-order valence-corrected chi connectivity index (χ4v) is 2.81. The second-order valence-electron chi connectivity index (χ2n) is 5.23. The van der Waals surface area contributed by atoms with E-state index in [0.29, 0.717) is 0 Å². The summed E-state index contributed by atoms with van der Waals surface area (Å²) >= 11 is 5.63. The van der Waals surface area contributed by atoms with Crippen molar-refractivity contribution in [3.63, 3.8) is 0 Å². The summed E-state index contributed by atoms with van der Waals surface area (Å²) in [5.41, 5.74) is 5.90. The van der Waals surface area contributed by atoms with Gasteiger partial charge in [-0.2, -0.15) is 0 Å². The Morgan fingerprint density at radius 3 is 2.10 bits per heavy atom. The van der Waals surface area contributed by atoms with Crippen molar-refractivity contribution in [1.29, 1.82) is 0 Å². The molecule has 0 saturated carbocycles. The van der Waals surface area contributed by atoms with E-state index in [1.807, 2.05) is 6.07 Å². The first-order valence-corrected chi connectivity index (χ1v) is 7.65. The summed E-state index contributed by atoms with van der Waals surface area (Å²) in [4.78, 5) is 2.14. The highest BCUT2D eigenvalue weighted by Gasteiger charge is 2.13. The predicted octanol–water partition coefficient (Wildman–Crippen LogP) is 4.84. The molecule has 110 valence electrons. The average molecular weight is 298 g/mol. The zero-order valence-corrected chi connectivity index (χ0v) is 13.9. The van der Waals surface area contributed by atoms with Gasteiger partial charge in [0.25, 0.3) is 0 Å². The van der Waals surface area contributed by atoms with Gasteiger partial charge in [0.15, 0.2) is 5.11 Å². The number of aryl methyl sites for hydroxylation is 3. The summed E-state index contributed by atoms with van der Waals surface area (Å²) in [6.07, 6.45) is 0. The van der Waals surface area contributed by atoms with Crippen molar-refractivity contribution in [1.82, 2.24) is 0 Å². The molecule has 0 spiro atoms. The zero-order valence-electron chi connectivity index (χ0n) is 13.1. The maximum absolute atomic E-state index is 5.63. The number of hydrogen-bond acceptors (Lipinski definition) is 1. The molecular weight excluding hydrogens is 276 g/mol. The molecule has 0 fully saturated rings. The number of nitrogens with one attached hydrogen (secondary N) is 1. The molecule has 2 aromatic carbocycles. The molecule has 0 aliphatic carbocycles. The van der Waals surface area contributed by atoms with Crippen LogP contribution in [0.5, 0.6) is 0 Å². The highest BCUT2D eigenvalue weighted by Crippen LogP contribution is 2.23. The smallest absolute Gasteiger partial charge is 0.177 e. The zero-order chi connectivity index (χ0) is 15.4. The van der Waals surface area contributed by atoms with Crippen LogP contribution in [0.1, 0.15) is 23.6 Å². The highest BCUT2D eigenvalue weighted by atomic mass is 32.1. The second kappa shape index (κ2) is 6.72. The topological polar surface area (TPSA) is 15.3 Å². The second-order valence-corrected chi connectivity index (χ2v) is 5.61. The van der Waals surface area contributed by atoms with E-state index in [2.05, 4.69) is 74.3 Å². The van der Waals surface area contributed by atoms with E-state index in [1.165, 1.54) is 16.7 Å². The van der Waals surface area contributed by atoms with Gasteiger partial charge in [-0.1, -0.05) is 36.4 Å². The van der Waals surface area contributed by atoms with Crippen LogP contribution < -0.4 is 10.2 Å². The minimum absolute atomic E-state index is 0.740. The van der Waals surface area contributed by atoms with Gasteiger partial charge in [0, 0.05) is 17.9 Å². The van der Waals surface area contributed by atoms with Crippen LogP contribution in [0.2, 0.25) is 0 Å². The summed E-state index contributed by atoms with van der Waals surface area (Å²) in [5.74, 6) is 0. The molecule has 0 radical (unpaired) electrons. The molecule has 0 aromatic heterocycles. The molecule has 0 unspecified atom stereocenters. The van der Waals surface area contributed by atoms with Gasteiger partial charge in [-0.25, -0.2) is 0 Å². The van der Waals surface area contributed by atoms with Gasteiger partial charge < -0.3 is 10.2 Å². The summed E-state index contributed by atoms with van der Waals surface area (Å²) in [6.45, 7) is 9.26. The average Bonchev–Trinajstić information content (AvgIpc) is 2.46. The maximum Gasteiger partial charge on any atom is 0.177 e. The third kappa shape index (κ3) is 3.42. The number of anilines is 2. The number of hydrogen-bond donors (Lipinski definition) is 1. The van der Waals surface area contributed by atoms with Crippen LogP contribution in [0.15, 0.2) is 42.5 Å². The van der Waals surface area contributed by atoms with Crippen molar-refractivity contribution in [3.05, 3.63) is 59.2 Å². The van der Waals surface area contributed by atoms with Gasteiger partial charge in [-0.05, 0) is 62.7 Å². The highest BCUT2D eigenvalue weighted by molar-refractivity contribution is 7.80. The molecule has 0 aliphatic heterocycles. The lowest BCUT2D eigenvalue weighted by molar-refractivity contribution is 1.05. The van der Waals surface area contributed by atoms with Crippen molar-refractivity contribution in [3.8, 4) is 0 Å². The van der Waals surface area contributed by atoms with Crippen LogP contribution in [0.4, 0.5) is 11.4 Å². The van der Waals surface area contributed by atoms with E-state index in [-0.39, 0.29) is 0 Å². The molecule has 0 saturated heterocycles. The fraction of sp³-hybridized carbons (Fsp3) is 0.278. The first-order chi connectivity index (χ1) is 10.0. The predicted molar refractivity (Wildman–Crippen MR) is 96.3 cm³/mol. The van der Waals surface area contributed by atoms with E-state index in [4.69, 9.17) is 12.2 Å². The molecule has 2 rings (SSSR count). The monoisotopic (exact) mass is 298 g/mol. The van der Waals surface area contributed by atoms with E-state index in [0.717, 1.165) is 23.0 Å². The molecule has 0 bridgehead atoms. The summed E-state index contributed by atoms with van der Waals surface area (Å²) in [5, 5.41) is 4.15. The number of nitrogens with zero attached hydrogens (tertiary/aromatic N) is 1. The standard InChI is InChI=1S/C18H22N2S/c1-5-20(16-12-7-6-9-13(16)2)18(21)19-17-14(3)10-8-11-15(17)4/h6-12H,5H2,1-4H3,(H,19,21). The van der Waals surface area contributed by atoms with Crippen LogP contribution in [0.25, 0.3) is 0 Å². The molecule has 3 heteroatoms. The van der Waals surface area contributed by atoms with Gasteiger partial charge in [0.2, 0.25) is 0 Å². The molecule has 21 heavy (non-hydrogen) atoms. The lowest BCUT2D eigenvalue weighted by Gasteiger charge is -2.27. The van der Waals surface area contributed by atoms with Crippen LogP contribution in [0.3, 0.4) is 0 Å². The summed E-state index contributed by atoms with van der Waals surface area (Å²) < 4.78 is 0. The van der Waals surface area contributed by atoms with Gasteiger partial charge in [0.1, 0.15) is 0 Å². The number of thiocarbonyl (C=S) groups is 1. The maximum atomic E-state index is 5.63. The lowest BCUT2D eigenvalue weighted by Crippen LogP contribution is -2.35. The third-order valence-corrected chi connectivity index (χ3v) is 4.00. The fourth-order valence-electron chi connectivity index (χ4n) is 2.48. The first kappa shape index (κ1) is 15.5. The normalized spacial score (nSPS) is 10.3. The number of para-hydroxylation sites is 2. The lowest BCUT2D eigenvalue weighted by atomic mass is 10.1. The SMILES string of the molecule is CCN(C(=S)Nc1c(C)cccc1C)c1ccccc1C. The van der Waals surface area contributed by atoms with Crippen molar-refractivity contribution in [2.75, 3.05) is 16.8 Å². The largest absolute Gasteiger partial charge is 0.332 e. The minimum Gasteiger partial charge on any atom is -0.332 e. The number of benzene rings is 2. The molecule has 2 nitrogen and oxygen atoms in total. The van der Waals surface area contributed by atoms with Crippen LogP contribution >= 0.6 is 12.2 Å². The van der Waals surface area contributed by atoms with E-state index in [1.54, 1.807) is 0 Å². The Morgan fingerprint density at radius 2 is 1.52 bits per heavy atom.